The molecule has 0 unspecified atom stereocenters. The van der Waals surface area contributed by atoms with Crippen LogP contribution in [0.25, 0.3) is 0 Å². The van der Waals surface area contributed by atoms with Crippen LogP contribution < -0.4 is 5.32 Å². The zero-order valence-electron chi connectivity index (χ0n) is 10.9. The first-order valence-corrected chi connectivity index (χ1v) is 7.24. The zero-order chi connectivity index (χ0) is 14.5. The first-order valence-electron chi connectivity index (χ1n) is 6.07. The van der Waals surface area contributed by atoms with Crippen LogP contribution in [0, 0.1) is 0 Å². The summed E-state index contributed by atoms with van der Waals surface area (Å²) in [7, 11) is 1.93. The molecule has 0 saturated heterocycles. The van der Waals surface area contributed by atoms with Crippen LogP contribution in [0.2, 0.25) is 10.0 Å². The summed E-state index contributed by atoms with van der Waals surface area (Å²) in [6.45, 7) is 0.652. The van der Waals surface area contributed by atoms with Crippen molar-refractivity contribution in [2.45, 2.75) is 6.54 Å². The molecule has 0 radical (unpaired) electrons. The Labute approximate surface area is 134 Å². The lowest BCUT2D eigenvalue weighted by atomic mass is 10.2. The SMILES string of the molecule is CN(Cc1ccccc1Cl)C(=S)Nc1ccc(Cl)cc1. The highest BCUT2D eigenvalue weighted by atomic mass is 35.5. The Hall–Kier alpha value is -1.29. The van der Waals surface area contributed by atoms with E-state index in [0.717, 1.165) is 16.3 Å². The summed E-state index contributed by atoms with van der Waals surface area (Å²) in [5.74, 6) is 0. The molecule has 2 aromatic carbocycles. The summed E-state index contributed by atoms with van der Waals surface area (Å²) in [5, 5.41) is 5.24. The fourth-order valence-corrected chi connectivity index (χ4v) is 2.21. The lowest BCUT2D eigenvalue weighted by Crippen LogP contribution is -2.30. The number of anilines is 1. The quantitative estimate of drug-likeness (QED) is 0.814. The molecule has 5 heteroatoms. The van der Waals surface area contributed by atoms with Crippen molar-refractivity contribution in [2.75, 3.05) is 12.4 Å². The van der Waals surface area contributed by atoms with Crippen LogP contribution in [0.15, 0.2) is 48.5 Å². The lowest BCUT2D eigenvalue weighted by molar-refractivity contribution is 0.508. The van der Waals surface area contributed by atoms with Crippen LogP contribution in [-0.2, 0) is 6.54 Å². The van der Waals surface area contributed by atoms with Gasteiger partial charge in [0.05, 0.1) is 0 Å². The second kappa shape index (κ2) is 6.93. The van der Waals surface area contributed by atoms with E-state index in [1.54, 1.807) is 0 Å². The van der Waals surface area contributed by atoms with Crippen molar-refractivity contribution < 1.29 is 0 Å². The van der Waals surface area contributed by atoms with Gasteiger partial charge >= 0.3 is 0 Å². The van der Waals surface area contributed by atoms with Crippen LogP contribution in [0.3, 0.4) is 0 Å². The average Bonchev–Trinajstić information content (AvgIpc) is 2.44. The van der Waals surface area contributed by atoms with Gasteiger partial charge in [0.15, 0.2) is 5.11 Å². The molecule has 20 heavy (non-hydrogen) atoms. The summed E-state index contributed by atoms with van der Waals surface area (Å²) in [4.78, 5) is 1.94. The standard InChI is InChI=1S/C15H14Cl2N2S/c1-19(10-11-4-2-3-5-14(11)17)15(20)18-13-8-6-12(16)7-9-13/h2-9H,10H2,1H3,(H,18,20). The highest BCUT2D eigenvalue weighted by molar-refractivity contribution is 7.80. The maximum atomic E-state index is 6.15. The Balaban J connectivity index is 1.99. The largest absolute Gasteiger partial charge is 0.348 e. The van der Waals surface area contributed by atoms with E-state index >= 15 is 0 Å². The monoisotopic (exact) mass is 324 g/mol. The molecule has 0 saturated carbocycles. The van der Waals surface area contributed by atoms with Crippen LogP contribution in [0.4, 0.5) is 5.69 Å². The molecule has 0 aliphatic heterocycles. The number of nitrogens with one attached hydrogen (secondary N) is 1. The first-order chi connectivity index (χ1) is 9.56. The van der Waals surface area contributed by atoms with E-state index in [0.29, 0.717) is 16.7 Å². The predicted octanol–water partition coefficient (Wildman–Crippen LogP) is 4.82. The van der Waals surface area contributed by atoms with Gasteiger partial charge in [-0.05, 0) is 48.1 Å². The number of benzene rings is 2. The van der Waals surface area contributed by atoms with Crippen LogP contribution in [0.5, 0.6) is 0 Å². The number of rotatable bonds is 3. The molecule has 0 spiro atoms. The van der Waals surface area contributed by atoms with Crippen molar-refractivity contribution in [3.63, 3.8) is 0 Å². The molecule has 0 aliphatic carbocycles. The number of hydrogen-bond acceptors (Lipinski definition) is 1. The molecule has 0 heterocycles. The molecule has 2 aromatic rings. The van der Waals surface area contributed by atoms with Gasteiger partial charge in [0.2, 0.25) is 0 Å². The van der Waals surface area contributed by atoms with E-state index in [9.17, 15) is 0 Å². The van der Waals surface area contributed by atoms with E-state index in [-0.39, 0.29) is 0 Å². The third kappa shape index (κ3) is 4.10. The predicted molar refractivity (Wildman–Crippen MR) is 90.6 cm³/mol. The minimum absolute atomic E-state index is 0.632. The number of halogens is 2. The van der Waals surface area contributed by atoms with Crippen LogP contribution in [-0.4, -0.2) is 17.1 Å². The van der Waals surface area contributed by atoms with Gasteiger partial charge in [0, 0.05) is 29.3 Å². The van der Waals surface area contributed by atoms with Crippen molar-refractivity contribution in [1.29, 1.82) is 0 Å². The molecule has 0 fully saturated rings. The number of thiocarbonyl (C=S) groups is 1. The smallest absolute Gasteiger partial charge is 0.173 e. The number of nitrogens with zero attached hydrogens (tertiary/aromatic N) is 1. The van der Waals surface area contributed by atoms with E-state index in [2.05, 4.69) is 5.32 Å². The molecule has 2 rings (SSSR count). The van der Waals surface area contributed by atoms with Crippen LogP contribution >= 0.6 is 35.4 Å². The molecule has 104 valence electrons. The molecular formula is C15H14Cl2N2S. The molecule has 1 N–H and O–H groups in total. The highest BCUT2D eigenvalue weighted by Crippen LogP contribution is 2.18. The maximum absolute atomic E-state index is 6.15. The van der Waals surface area contributed by atoms with E-state index in [4.69, 9.17) is 35.4 Å². The van der Waals surface area contributed by atoms with Gasteiger partial charge in [0.1, 0.15) is 0 Å². The Morgan fingerprint density at radius 3 is 2.40 bits per heavy atom. The summed E-state index contributed by atoms with van der Waals surface area (Å²) in [6, 6.07) is 15.2. The summed E-state index contributed by atoms with van der Waals surface area (Å²) in [6.07, 6.45) is 0. The fraction of sp³-hybridized carbons (Fsp3) is 0.133. The summed E-state index contributed by atoms with van der Waals surface area (Å²) >= 11 is 17.4. The van der Waals surface area contributed by atoms with Gasteiger partial charge < -0.3 is 10.2 Å². The fourth-order valence-electron chi connectivity index (χ4n) is 1.71. The molecule has 0 bridgehead atoms. The van der Waals surface area contributed by atoms with Crippen molar-refractivity contribution >= 4 is 46.2 Å². The topological polar surface area (TPSA) is 15.3 Å². The van der Waals surface area contributed by atoms with Gasteiger partial charge in [-0.3, -0.25) is 0 Å². The normalized spacial score (nSPS) is 10.2. The Kier molecular flexibility index (Phi) is 5.24. The maximum Gasteiger partial charge on any atom is 0.173 e. The third-order valence-corrected chi connectivity index (χ3v) is 3.84. The van der Waals surface area contributed by atoms with E-state index in [1.165, 1.54) is 0 Å². The van der Waals surface area contributed by atoms with E-state index < -0.39 is 0 Å². The molecule has 0 aliphatic rings. The van der Waals surface area contributed by atoms with E-state index in [1.807, 2.05) is 60.5 Å². The number of hydrogen-bond donors (Lipinski definition) is 1. The third-order valence-electron chi connectivity index (χ3n) is 2.81. The minimum atomic E-state index is 0.632. The molecule has 0 atom stereocenters. The highest BCUT2D eigenvalue weighted by Gasteiger charge is 2.07. The van der Waals surface area contributed by atoms with Crippen molar-refractivity contribution in [3.05, 3.63) is 64.1 Å². The van der Waals surface area contributed by atoms with Gasteiger partial charge in [-0.2, -0.15) is 0 Å². The second-order valence-corrected chi connectivity index (χ2v) is 5.61. The van der Waals surface area contributed by atoms with Crippen molar-refractivity contribution in [2.24, 2.45) is 0 Å². The molecular weight excluding hydrogens is 311 g/mol. The Morgan fingerprint density at radius 1 is 1.10 bits per heavy atom. The zero-order valence-corrected chi connectivity index (χ0v) is 13.3. The van der Waals surface area contributed by atoms with Gasteiger partial charge in [0.25, 0.3) is 0 Å². The Morgan fingerprint density at radius 2 is 1.75 bits per heavy atom. The van der Waals surface area contributed by atoms with Crippen molar-refractivity contribution in [3.8, 4) is 0 Å². The Bertz CT molecular complexity index is 599. The van der Waals surface area contributed by atoms with Crippen molar-refractivity contribution in [1.82, 2.24) is 4.90 Å². The second-order valence-electron chi connectivity index (χ2n) is 4.38. The lowest BCUT2D eigenvalue weighted by Gasteiger charge is -2.21. The van der Waals surface area contributed by atoms with Gasteiger partial charge in [-0.25, -0.2) is 0 Å². The minimum Gasteiger partial charge on any atom is -0.348 e. The van der Waals surface area contributed by atoms with Gasteiger partial charge in [-0.15, -0.1) is 0 Å². The molecule has 2 nitrogen and oxygen atoms in total. The summed E-state index contributed by atoms with van der Waals surface area (Å²) < 4.78 is 0. The van der Waals surface area contributed by atoms with Crippen LogP contribution in [0.1, 0.15) is 5.56 Å². The first kappa shape index (κ1) is 15.1. The molecule has 0 amide bonds. The average molecular weight is 325 g/mol. The summed E-state index contributed by atoms with van der Waals surface area (Å²) in [5.41, 5.74) is 1.95. The van der Waals surface area contributed by atoms with Gasteiger partial charge in [-0.1, -0.05) is 41.4 Å². The molecule has 0 aromatic heterocycles.